The lowest BCUT2D eigenvalue weighted by atomic mass is 10.1. The Labute approximate surface area is 162 Å². The Hall–Kier alpha value is -3.10. The van der Waals surface area contributed by atoms with Crippen LogP contribution in [0.3, 0.4) is 0 Å². The summed E-state index contributed by atoms with van der Waals surface area (Å²) in [6.07, 6.45) is 1.48. The molecular formula is C19H27N5O4. The van der Waals surface area contributed by atoms with Gasteiger partial charge in [-0.3, -0.25) is 23.9 Å². The third-order valence-electron chi connectivity index (χ3n) is 4.18. The minimum atomic E-state index is -0.736. The van der Waals surface area contributed by atoms with Gasteiger partial charge in [0.05, 0.1) is 0 Å². The van der Waals surface area contributed by atoms with Crippen molar-refractivity contribution in [2.75, 3.05) is 17.2 Å². The van der Waals surface area contributed by atoms with Gasteiger partial charge >= 0.3 is 5.69 Å². The molecule has 9 nitrogen and oxygen atoms in total. The Morgan fingerprint density at radius 2 is 1.82 bits per heavy atom. The number of H-pyrrole nitrogens is 1. The minimum absolute atomic E-state index is 0.0137. The molecule has 3 N–H and O–H groups in total. The molecule has 0 aliphatic rings. The monoisotopic (exact) mass is 389 g/mol. The molecule has 2 heterocycles. The highest BCUT2D eigenvalue weighted by Crippen LogP contribution is 2.21. The van der Waals surface area contributed by atoms with Crippen LogP contribution in [0.4, 0.5) is 11.5 Å². The van der Waals surface area contributed by atoms with Crippen LogP contribution in [-0.2, 0) is 13.6 Å². The summed E-state index contributed by atoms with van der Waals surface area (Å²) in [4.78, 5) is 53.3. The van der Waals surface area contributed by atoms with E-state index in [4.69, 9.17) is 5.73 Å². The summed E-state index contributed by atoms with van der Waals surface area (Å²) in [5.41, 5.74) is 4.52. The van der Waals surface area contributed by atoms with Crippen molar-refractivity contribution in [3.63, 3.8) is 0 Å². The highest BCUT2D eigenvalue weighted by Gasteiger charge is 2.26. The number of nitrogens with two attached hydrogens (primary N) is 1. The maximum atomic E-state index is 13.1. The number of anilines is 2. The standard InChI is InChI=1S/C19H27N5O4/c1-11(2)9-23(18(27)13-6-7-22(5)14(25)8-13)15-16(20)24(10-12(3)4)19(28)21-17(15)26/h6-8,11-12H,9-10,20H2,1-5H3,(H,21,26,28). The zero-order valence-electron chi connectivity index (χ0n) is 16.9. The SMILES string of the molecule is CC(C)CN(C(=O)c1ccn(C)c(=O)c1)c1c(N)n(CC(C)C)c(=O)[nH]c1=O. The van der Waals surface area contributed by atoms with E-state index in [0.29, 0.717) is 6.54 Å². The number of rotatable bonds is 6. The van der Waals surface area contributed by atoms with E-state index in [9.17, 15) is 19.2 Å². The largest absolute Gasteiger partial charge is 0.383 e. The van der Waals surface area contributed by atoms with E-state index in [2.05, 4.69) is 4.98 Å². The number of hydrogen-bond donors (Lipinski definition) is 2. The molecule has 152 valence electrons. The lowest BCUT2D eigenvalue weighted by molar-refractivity contribution is 0.0983. The number of aryl methyl sites for hydroxylation is 1. The van der Waals surface area contributed by atoms with Crippen molar-refractivity contribution < 1.29 is 4.79 Å². The van der Waals surface area contributed by atoms with E-state index < -0.39 is 17.2 Å². The van der Waals surface area contributed by atoms with E-state index in [1.165, 1.54) is 32.4 Å². The zero-order valence-corrected chi connectivity index (χ0v) is 16.9. The molecule has 0 fully saturated rings. The zero-order chi connectivity index (χ0) is 21.2. The fourth-order valence-corrected chi connectivity index (χ4v) is 2.86. The van der Waals surface area contributed by atoms with Crippen LogP contribution >= 0.6 is 0 Å². The average Bonchev–Trinajstić information content (AvgIpc) is 2.59. The van der Waals surface area contributed by atoms with Gasteiger partial charge in [0.15, 0.2) is 5.69 Å². The molecule has 0 bridgehead atoms. The summed E-state index contributed by atoms with van der Waals surface area (Å²) in [5, 5.41) is 0. The first-order valence-electron chi connectivity index (χ1n) is 9.14. The number of nitrogens with zero attached hydrogens (tertiary/aromatic N) is 3. The second kappa shape index (κ2) is 8.28. The second-order valence-electron chi connectivity index (χ2n) is 7.67. The van der Waals surface area contributed by atoms with Crippen molar-refractivity contribution in [2.24, 2.45) is 18.9 Å². The van der Waals surface area contributed by atoms with Crippen molar-refractivity contribution in [1.29, 1.82) is 0 Å². The van der Waals surface area contributed by atoms with Gasteiger partial charge in [0, 0.05) is 38.0 Å². The lowest BCUT2D eigenvalue weighted by Crippen LogP contribution is -2.43. The molecule has 0 saturated heterocycles. The van der Waals surface area contributed by atoms with Crippen molar-refractivity contribution in [2.45, 2.75) is 34.2 Å². The number of nitrogens with one attached hydrogen (secondary N) is 1. The van der Waals surface area contributed by atoms with E-state index in [1.807, 2.05) is 27.7 Å². The predicted molar refractivity (Wildman–Crippen MR) is 109 cm³/mol. The van der Waals surface area contributed by atoms with Crippen molar-refractivity contribution >= 4 is 17.4 Å². The number of carbonyl (C=O) groups excluding carboxylic acids is 1. The second-order valence-corrected chi connectivity index (χ2v) is 7.67. The quantitative estimate of drug-likeness (QED) is 0.756. The minimum Gasteiger partial charge on any atom is -0.383 e. The Bertz CT molecular complexity index is 1050. The third kappa shape index (κ3) is 4.41. The van der Waals surface area contributed by atoms with Crippen LogP contribution < -0.4 is 27.4 Å². The average molecular weight is 389 g/mol. The molecule has 2 aromatic rings. The van der Waals surface area contributed by atoms with Crippen LogP contribution in [0.2, 0.25) is 0 Å². The van der Waals surface area contributed by atoms with Crippen LogP contribution in [0.1, 0.15) is 38.1 Å². The first kappa shape index (κ1) is 21.2. The van der Waals surface area contributed by atoms with Gasteiger partial charge in [-0.2, -0.15) is 0 Å². The van der Waals surface area contributed by atoms with E-state index >= 15 is 0 Å². The van der Waals surface area contributed by atoms with Crippen molar-refractivity contribution in [3.8, 4) is 0 Å². The highest BCUT2D eigenvalue weighted by atomic mass is 16.2. The Morgan fingerprint density at radius 1 is 1.18 bits per heavy atom. The van der Waals surface area contributed by atoms with E-state index in [1.54, 1.807) is 7.05 Å². The third-order valence-corrected chi connectivity index (χ3v) is 4.18. The summed E-state index contributed by atoms with van der Waals surface area (Å²) in [6.45, 7) is 8.09. The molecule has 9 heteroatoms. The summed E-state index contributed by atoms with van der Waals surface area (Å²) < 4.78 is 2.60. The number of nitrogen functional groups attached to an aromatic ring is 1. The number of aromatic nitrogens is 3. The molecule has 0 unspecified atom stereocenters. The highest BCUT2D eigenvalue weighted by molar-refractivity contribution is 6.07. The molecule has 1 amide bonds. The lowest BCUT2D eigenvalue weighted by Gasteiger charge is -2.26. The van der Waals surface area contributed by atoms with Gasteiger partial charge in [-0.1, -0.05) is 27.7 Å². The van der Waals surface area contributed by atoms with Gasteiger partial charge < -0.3 is 15.2 Å². The summed E-state index contributed by atoms with van der Waals surface area (Å²) in [5.74, 6) is -0.483. The van der Waals surface area contributed by atoms with Gasteiger partial charge in [0.25, 0.3) is 17.0 Å². The van der Waals surface area contributed by atoms with Crippen LogP contribution in [0.15, 0.2) is 32.7 Å². The Morgan fingerprint density at radius 3 is 2.36 bits per heavy atom. The first-order valence-corrected chi connectivity index (χ1v) is 9.14. The van der Waals surface area contributed by atoms with Crippen molar-refractivity contribution in [1.82, 2.24) is 14.1 Å². The van der Waals surface area contributed by atoms with Gasteiger partial charge in [0.2, 0.25) is 0 Å². The number of amides is 1. The number of pyridine rings is 1. The number of aromatic amines is 1. The molecule has 2 rings (SSSR count). The molecule has 0 aromatic carbocycles. The van der Waals surface area contributed by atoms with Crippen LogP contribution in [0, 0.1) is 11.8 Å². The molecule has 0 aliphatic heterocycles. The topological polar surface area (TPSA) is 123 Å². The summed E-state index contributed by atoms with van der Waals surface area (Å²) in [7, 11) is 1.58. The molecule has 0 atom stereocenters. The van der Waals surface area contributed by atoms with Crippen LogP contribution in [0.5, 0.6) is 0 Å². The van der Waals surface area contributed by atoms with E-state index in [0.717, 1.165) is 0 Å². The summed E-state index contributed by atoms with van der Waals surface area (Å²) >= 11 is 0. The predicted octanol–water partition coefficient (Wildman–Crippen LogP) is 0.776. The molecule has 0 aliphatic carbocycles. The van der Waals surface area contributed by atoms with Gasteiger partial charge in [0.1, 0.15) is 5.82 Å². The van der Waals surface area contributed by atoms with Crippen LogP contribution in [-0.4, -0.2) is 26.6 Å². The number of carbonyl (C=O) groups is 1. The van der Waals surface area contributed by atoms with Gasteiger partial charge in [-0.15, -0.1) is 0 Å². The summed E-state index contributed by atoms with van der Waals surface area (Å²) in [6, 6.07) is 2.72. The van der Waals surface area contributed by atoms with Crippen LogP contribution in [0.25, 0.3) is 0 Å². The molecule has 0 radical (unpaired) electrons. The van der Waals surface area contributed by atoms with Gasteiger partial charge in [-0.25, -0.2) is 4.79 Å². The maximum absolute atomic E-state index is 13.1. The molecule has 0 spiro atoms. The first-order chi connectivity index (χ1) is 13.0. The molecular weight excluding hydrogens is 362 g/mol. The molecule has 0 saturated carbocycles. The Balaban J connectivity index is 2.67. The number of hydrogen-bond acceptors (Lipinski definition) is 5. The normalized spacial score (nSPS) is 11.2. The fraction of sp³-hybridized carbons (Fsp3) is 0.474. The van der Waals surface area contributed by atoms with Crippen molar-refractivity contribution in [3.05, 3.63) is 55.1 Å². The molecule has 2 aromatic heterocycles. The Kier molecular flexibility index (Phi) is 6.27. The van der Waals surface area contributed by atoms with E-state index in [-0.39, 0.29) is 41.0 Å². The molecule has 28 heavy (non-hydrogen) atoms. The fourth-order valence-electron chi connectivity index (χ4n) is 2.86. The smallest absolute Gasteiger partial charge is 0.330 e. The van der Waals surface area contributed by atoms with Gasteiger partial charge in [-0.05, 0) is 17.9 Å². The maximum Gasteiger partial charge on any atom is 0.330 e.